The lowest BCUT2D eigenvalue weighted by molar-refractivity contribution is 0.473. The summed E-state index contributed by atoms with van der Waals surface area (Å²) < 4.78 is 0. The molecule has 1 aromatic heterocycles. The molecule has 0 bridgehead atoms. The van der Waals surface area contributed by atoms with Crippen LogP contribution in [0, 0.1) is 17.2 Å². The lowest BCUT2D eigenvalue weighted by Gasteiger charge is -2.18. The Morgan fingerprint density at radius 2 is 2.10 bits per heavy atom. The Balaban J connectivity index is 2.22. The fourth-order valence-electron chi connectivity index (χ4n) is 2.61. The number of anilines is 1. The van der Waals surface area contributed by atoms with Gasteiger partial charge in [0, 0.05) is 18.1 Å². The highest BCUT2D eigenvalue weighted by molar-refractivity contribution is 5.93. The number of nitrogens with zero attached hydrogens (tertiary/aromatic N) is 2. The Bertz CT molecular complexity index is 628. The number of unbranched alkanes of at least 4 members (excludes halogenated alkanes) is 1. The molecule has 21 heavy (non-hydrogen) atoms. The van der Waals surface area contributed by atoms with Gasteiger partial charge >= 0.3 is 0 Å². The maximum absolute atomic E-state index is 9.31. The number of benzene rings is 1. The predicted octanol–water partition coefficient (Wildman–Crippen LogP) is 4.73. The van der Waals surface area contributed by atoms with Crippen molar-refractivity contribution in [3.63, 3.8) is 0 Å². The number of para-hydroxylation sites is 1. The van der Waals surface area contributed by atoms with Gasteiger partial charge in [0.2, 0.25) is 0 Å². The molecule has 1 aromatic carbocycles. The van der Waals surface area contributed by atoms with Gasteiger partial charge in [0.25, 0.3) is 0 Å². The second kappa shape index (κ2) is 7.64. The van der Waals surface area contributed by atoms with Crippen molar-refractivity contribution < 1.29 is 0 Å². The summed E-state index contributed by atoms with van der Waals surface area (Å²) in [5.41, 5.74) is 2.48. The van der Waals surface area contributed by atoms with Gasteiger partial charge in [0.05, 0.1) is 16.8 Å². The monoisotopic (exact) mass is 281 g/mol. The van der Waals surface area contributed by atoms with Gasteiger partial charge in [-0.25, -0.2) is 0 Å². The van der Waals surface area contributed by atoms with Crippen LogP contribution in [0.4, 0.5) is 5.69 Å². The molecule has 0 saturated heterocycles. The van der Waals surface area contributed by atoms with Crippen molar-refractivity contribution in [2.75, 3.05) is 11.9 Å². The molecule has 0 aliphatic rings. The van der Waals surface area contributed by atoms with Crippen LogP contribution in [-0.4, -0.2) is 11.5 Å². The summed E-state index contributed by atoms with van der Waals surface area (Å²) in [6.45, 7) is 5.38. The third-order valence-corrected chi connectivity index (χ3v) is 4.01. The topological polar surface area (TPSA) is 48.7 Å². The van der Waals surface area contributed by atoms with Crippen molar-refractivity contribution in [3.8, 4) is 6.07 Å². The molecule has 0 fully saturated rings. The molecule has 1 atom stereocenters. The van der Waals surface area contributed by atoms with Crippen LogP contribution < -0.4 is 5.32 Å². The molecule has 0 amide bonds. The van der Waals surface area contributed by atoms with Crippen LogP contribution in [0.25, 0.3) is 10.9 Å². The van der Waals surface area contributed by atoms with Crippen molar-refractivity contribution in [1.29, 1.82) is 5.26 Å². The molecule has 1 heterocycles. The first-order valence-corrected chi connectivity index (χ1v) is 7.81. The van der Waals surface area contributed by atoms with Crippen LogP contribution >= 0.6 is 0 Å². The Kier molecular flexibility index (Phi) is 5.57. The molecular formula is C18H23N3. The fourth-order valence-corrected chi connectivity index (χ4v) is 2.61. The molecule has 0 aliphatic carbocycles. The lowest BCUT2D eigenvalue weighted by Crippen LogP contribution is -2.14. The number of aromatic nitrogens is 1. The summed E-state index contributed by atoms with van der Waals surface area (Å²) in [5.74, 6) is 0.656. The summed E-state index contributed by atoms with van der Waals surface area (Å²) in [7, 11) is 0. The van der Waals surface area contributed by atoms with Crippen molar-refractivity contribution in [2.45, 2.75) is 39.5 Å². The summed E-state index contributed by atoms with van der Waals surface area (Å²) in [5, 5.41) is 13.8. The Labute approximate surface area is 127 Å². The zero-order chi connectivity index (χ0) is 15.1. The van der Waals surface area contributed by atoms with Crippen LogP contribution in [0.1, 0.15) is 45.1 Å². The summed E-state index contributed by atoms with van der Waals surface area (Å²) >= 11 is 0. The highest BCUT2D eigenvalue weighted by Gasteiger charge is 2.11. The summed E-state index contributed by atoms with van der Waals surface area (Å²) in [4.78, 5) is 4.35. The van der Waals surface area contributed by atoms with Crippen molar-refractivity contribution in [1.82, 2.24) is 4.98 Å². The second-order valence-electron chi connectivity index (χ2n) is 5.47. The van der Waals surface area contributed by atoms with E-state index < -0.39 is 0 Å². The van der Waals surface area contributed by atoms with E-state index in [2.05, 4.69) is 30.2 Å². The number of nitrogens with one attached hydrogen (secondary N) is 1. The van der Waals surface area contributed by atoms with Gasteiger partial charge in [-0.2, -0.15) is 5.26 Å². The van der Waals surface area contributed by atoms with Gasteiger partial charge < -0.3 is 5.32 Å². The van der Waals surface area contributed by atoms with Gasteiger partial charge in [-0.1, -0.05) is 51.3 Å². The normalized spacial score (nSPS) is 12.0. The van der Waals surface area contributed by atoms with Gasteiger partial charge in [-0.3, -0.25) is 4.98 Å². The van der Waals surface area contributed by atoms with E-state index >= 15 is 0 Å². The first kappa shape index (κ1) is 15.3. The van der Waals surface area contributed by atoms with Crippen LogP contribution in [0.5, 0.6) is 0 Å². The smallest absolute Gasteiger partial charge is 0.103 e. The maximum atomic E-state index is 9.31. The van der Waals surface area contributed by atoms with Crippen molar-refractivity contribution in [3.05, 3.63) is 36.0 Å². The minimum Gasteiger partial charge on any atom is -0.383 e. The molecule has 3 heteroatoms. The van der Waals surface area contributed by atoms with E-state index in [4.69, 9.17) is 0 Å². The molecule has 0 spiro atoms. The quantitative estimate of drug-likeness (QED) is 0.797. The molecule has 0 aliphatic heterocycles. The fraction of sp³-hybridized carbons (Fsp3) is 0.444. The minimum absolute atomic E-state index is 0.624. The Hall–Kier alpha value is -2.08. The zero-order valence-electron chi connectivity index (χ0n) is 12.9. The zero-order valence-corrected chi connectivity index (χ0v) is 12.9. The Morgan fingerprint density at radius 1 is 1.29 bits per heavy atom. The number of rotatable bonds is 7. The predicted molar refractivity (Wildman–Crippen MR) is 88.3 cm³/mol. The van der Waals surface area contributed by atoms with E-state index in [9.17, 15) is 5.26 Å². The van der Waals surface area contributed by atoms with E-state index in [1.165, 1.54) is 19.3 Å². The van der Waals surface area contributed by atoms with Gasteiger partial charge in [-0.05, 0) is 18.4 Å². The SMILES string of the molecule is CCCCC(CC)CNc1c(C#N)cnc2ccccc12. The third-order valence-electron chi connectivity index (χ3n) is 4.01. The number of hydrogen-bond donors (Lipinski definition) is 1. The lowest BCUT2D eigenvalue weighted by atomic mass is 9.99. The summed E-state index contributed by atoms with van der Waals surface area (Å²) in [6.07, 6.45) is 6.57. The average Bonchev–Trinajstić information content (AvgIpc) is 2.54. The first-order chi connectivity index (χ1) is 10.3. The van der Waals surface area contributed by atoms with Crippen LogP contribution in [0.2, 0.25) is 0 Å². The Morgan fingerprint density at radius 3 is 2.81 bits per heavy atom. The van der Waals surface area contributed by atoms with Gasteiger partial charge in [0.1, 0.15) is 6.07 Å². The van der Waals surface area contributed by atoms with E-state index in [0.717, 1.165) is 29.6 Å². The molecule has 1 unspecified atom stereocenters. The molecule has 2 aromatic rings. The van der Waals surface area contributed by atoms with E-state index in [1.807, 2.05) is 24.3 Å². The van der Waals surface area contributed by atoms with Crippen molar-refractivity contribution in [2.24, 2.45) is 5.92 Å². The number of hydrogen-bond acceptors (Lipinski definition) is 3. The van der Waals surface area contributed by atoms with Crippen LogP contribution in [0.3, 0.4) is 0 Å². The van der Waals surface area contributed by atoms with E-state index in [-0.39, 0.29) is 0 Å². The molecule has 2 rings (SSSR count). The molecule has 0 radical (unpaired) electrons. The number of pyridine rings is 1. The van der Waals surface area contributed by atoms with E-state index in [0.29, 0.717) is 11.5 Å². The molecule has 1 N–H and O–H groups in total. The van der Waals surface area contributed by atoms with E-state index in [1.54, 1.807) is 6.20 Å². The van der Waals surface area contributed by atoms with Crippen molar-refractivity contribution >= 4 is 16.6 Å². The third kappa shape index (κ3) is 3.72. The largest absolute Gasteiger partial charge is 0.383 e. The number of fused-ring (bicyclic) bond motifs is 1. The minimum atomic E-state index is 0.624. The molecule has 3 nitrogen and oxygen atoms in total. The molecule has 110 valence electrons. The molecule has 0 saturated carbocycles. The average molecular weight is 281 g/mol. The molecular weight excluding hydrogens is 258 g/mol. The van der Waals surface area contributed by atoms with Crippen LogP contribution in [0.15, 0.2) is 30.5 Å². The summed E-state index contributed by atoms with van der Waals surface area (Å²) in [6, 6.07) is 10.2. The highest BCUT2D eigenvalue weighted by Crippen LogP contribution is 2.26. The number of nitriles is 1. The standard InChI is InChI=1S/C18H23N3/c1-3-5-8-14(4-2)12-21-18-15(11-19)13-20-17-10-7-6-9-16(17)18/h6-7,9-10,13-14H,3-5,8,12H2,1-2H3,(H,20,21). The van der Waals surface area contributed by atoms with Gasteiger partial charge in [-0.15, -0.1) is 0 Å². The maximum Gasteiger partial charge on any atom is 0.103 e. The second-order valence-corrected chi connectivity index (χ2v) is 5.47. The van der Waals surface area contributed by atoms with Gasteiger partial charge in [0.15, 0.2) is 0 Å². The first-order valence-electron chi connectivity index (χ1n) is 7.81. The highest BCUT2D eigenvalue weighted by atomic mass is 14.9. The van der Waals surface area contributed by atoms with Crippen LogP contribution in [-0.2, 0) is 0 Å².